The number of piperazine rings is 1. The van der Waals surface area contributed by atoms with Crippen LogP contribution in [0, 0.1) is 11.8 Å². The number of hydrogen-bond acceptors (Lipinski definition) is 3. The van der Waals surface area contributed by atoms with Gasteiger partial charge in [-0.25, -0.2) is 0 Å². The van der Waals surface area contributed by atoms with E-state index in [1.54, 1.807) is 0 Å². The second-order valence-electron chi connectivity index (χ2n) is 5.80. The normalized spacial score (nSPS) is 37.1. The molecular weight excluding hydrogens is 216 g/mol. The molecule has 0 aromatic rings. The molecule has 2 heterocycles. The van der Waals surface area contributed by atoms with Crippen LogP contribution in [0.2, 0.25) is 0 Å². The van der Waals surface area contributed by atoms with E-state index in [0.29, 0.717) is 6.04 Å². The quantitative estimate of drug-likeness (QED) is 0.815. The smallest absolute Gasteiger partial charge is 0.0244 e. The highest BCUT2D eigenvalue weighted by atomic mass is 32.2. The Morgan fingerprint density at radius 2 is 2.25 bits per heavy atom. The third kappa shape index (κ3) is 3.14. The molecule has 0 aromatic carbocycles. The fourth-order valence-electron chi connectivity index (χ4n) is 2.93. The molecular formula is C13H26N2S. The van der Waals surface area contributed by atoms with Crippen molar-refractivity contribution in [3.63, 3.8) is 0 Å². The molecule has 16 heavy (non-hydrogen) atoms. The van der Waals surface area contributed by atoms with Crippen LogP contribution in [0.4, 0.5) is 0 Å². The van der Waals surface area contributed by atoms with Crippen LogP contribution in [0.15, 0.2) is 0 Å². The predicted molar refractivity (Wildman–Crippen MR) is 73.1 cm³/mol. The topological polar surface area (TPSA) is 15.3 Å². The molecule has 0 bridgehead atoms. The summed E-state index contributed by atoms with van der Waals surface area (Å²) in [4.78, 5) is 2.75. The summed E-state index contributed by atoms with van der Waals surface area (Å²) in [6.07, 6.45) is 1.44. The van der Waals surface area contributed by atoms with Crippen molar-refractivity contribution in [2.75, 3.05) is 31.1 Å². The van der Waals surface area contributed by atoms with Gasteiger partial charge in [-0.15, -0.1) is 0 Å². The van der Waals surface area contributed by atoms with Crippen molar-refractivity contribution >= 4 is 11.8 Å². The van der Waals surface area contributed by atoms with Crippen molar-refractivity contribution in [2.24, 2.45) is 11.8 Å². The molecule has 0 amide bonds. The van der Waals surface area contributed by atoms with E-state index in [2.05, 4.69) is 42.7 Å². The van der Waals surface area contributed by atoms with Gasteiger partial charge in [0.1, 0.15) is 0 Å². The van der Waals surface area contributed by atoms with Gasteiger partial charge in [0, 0.05) is 31.7 Å². The van der Waals surface area contributed by atoms with Gasteiger partial charge >= 0.3 is 0 Å². The van der Waals surface area contributed by atoms with Crippen LogP contribution in [0.25, 0.3) is 0 Å². The molecule has 0 saturated carbocycles. The third-order valence-electron chi connectivity index (χ3n) is 3.94. The minimum atomic E-state index is 0.670. The molecule has 3 heteroatoms. The lowest BCUT2D eigenvalue weighted by atomic mass is 9.97. The van der Waals surface area contributed by atoms with Crippen molar-refractivity contribution in [2.45, 2.75) is 39.3 Å². The highest BCUT2D eigenvalue weighted by Crippen LogP contribution is 2.26. The Morgan fingerprint density at radius 3 is 2.88 bits per heavy atom. The van der Waals surface area contributed by atoms with Crippen LogP contribution in [-0.4, -0.2) is 48.1 Å². The molecule has 2 rings (SSSR count). The molecule has 2 aliphatic heterocycles. The van der Waals surface area contributed by atoms with Crippen molar-refractivity contribution in [3.8, 4) is 0 Å². The van der Waals surface area contributed by atoms with E-state index in [4.69, 9.17) is 0 Å². The highest BCUT2D eigenvalue weighted by molar-refractivity contribution is 7.99. The molecule has 2 nitrogen and oxygen atoms in total. The number of nitrogens with zero attached hydrogens (tertiary/aromatic N) is 1. The maximum atomic E-state index is 3.62. The molecule has 0 radical (unpaired) electrons. The lowest BCUT2D eigenvalue weighted by molar-refractivity contribution is 0.0891. The zero-order valence-electron chi connectivity index (χ0n) is 10.9. The number of nitrogens with one attached hydrogen (secondary N) is 1. The molecule has 0 aliphatic carbocycles. The summed E-state index contributed by atoms with van der Waals surface area (Å²) in [6, 6.07) is 1.42. The molecule has 0 spiro atoms. The Balaban J connectivity index is 1.91. The molecule has 0 aromatic heterocycles. The van der Waals surface area contributed by atoms with Gasteiger partial charge in [0.25, 0.3) is 0 Å². The van der Waals surface area contributed by atoms with Crippen LogP contribution in [-0.2, 0) is 0 Å². The lowest BCUT2D eigenvalue weighted by Crippen LogP contribution is -2.58. The van der Waals surface area contributed by atoms with Crippen LogP contribution in [0.5, 0.6) is 0 Å². The number of rotatable bonds is 3. The third-order valence-corrected chi connectivity index (χ3v) is 5.17. The first kappa shape index (κ1) is 12.7. The Labute approximate surface area is 105 Å². The zero-order valence-corrected chi connectivity index (χ0v) is 11.7. The van der Waals surface area contributed by atoms with Crippen molar-refractivity contribution in [3.05, 3.63) is 0 Å². The SMILES string of the molecule is CC1CN(CC2CCSC2)C(C(C)C)CN1. The van der Waals surface area contributed by atoms with E-state index in [-0.39, 0.29) is 0 Å². The minimum absolute atomic E-state index is 0.670. The number of hydrogen-bond donors (Lipinski definition) is 1. The van der Waals surface area contributed by atoms with Crippen LogP contribution in [0.3, 0.4) is 0 Å². The highest BCUT2D eigenvalue weighted by Gasteiger charge is 2.30. The standard InChI is InChI=1S/C13H26N2S/c1-10(2)13-6-14-11(3)7-15(13)8-12-4-5-16-9-12/h10-14H,4-9H2,1-3H3. The largest absolute Gasteiger partial charge is 0.311 e. The fourth-order valence-corrected chi connectivity index (χ4v) is 4.20. The second-order valence-corrected chi connectivity index (χ2v) is 6.95. The number of thioether (sulfide) groups is 1. The molecule has 1 N–H and O–H groups in total. The average molecular weight is 242 g/mol. The summed E-state index contributed by atoms with van der Waals surface area (Å²) in [7, 11) is 0. The molecule has 2 saturated heterocycles. The zero-order chi connectivity index (χ0) is 11.5. The lowest BCUT2D eigenvalue weighted by Gasteiger charge is -2.42. The van der Waals surface area contributed by atoms with Crippen LogP contribution < -0.4 is 5.32 Å². The van der Waals surface area contributed by atoms with E-state index >= 15 is 0 Å². The maximum absolute atomic E-state index is 3.62. The Bertz CT molecular complexity index is 214. The Hall–Kier alpha value is 0.270. The maximum Gasteiger partial charge on any atom is 0.0244 e. The van der Waals surface area contributed by atoms with Gasteiger partial charge in [0.2, 0.25) is 0 Å². The Morgan fingerprint density at radius 1 is 1.44 bits per heavy atom. The molecule has 2 fully saturated rings. The van der Waals surface area contributed by atoms with Crippen LogP contribution >= 0.6 is 11.8 Å². The van der Waals surface area contributed by atoms with E-state index in [9.17, 15) is 0 Å². The van der Waals surface area contributed by atoms with E-state index in [1.807, 2.05) is 0 Å². The van der Waals surface area contributed by atoms with E-state index in [0.717, 1.165) is 17.9 Å². The first-order chi connectivity index (χ1) is 7.66. The van der Waals surface area contributed by atoms with Gasteiger partial charge in [0.05, 0.1) is 0 Å². The molecule has 94 valence electrons. The summed E-state index contributed by atoms with van der Waals surface area (Å²) in [6.45, 7) is 10.8. The van der Waals surface area contributed by atoms with Crippen LogP contribution in [0.1, 0.15) is 27.2 Å². The minimum Gasteiger partial charge on any atom is -0.311 e. The summed E-state index contributed by atoms with van der Waals surface area (Å²) in [5.41, 5.74) is 0. The molecule has 3 atom stereocenters. The van der Waals surface area contributed by atoms with Crippen molar-refractivity contribution in [1.29, 1.82) is 0 Å². The summed E-state index contributed by atoms with van der Waals surface area (Å²) in [5.74, 6) is 4.51. The summed E-state index contributed by atoms with van der Waals surface area (Å²) < 4.78 is 0. The average Bonchev–Trinajstić information content (AvgIpc) is 2.70. The van der Waals surface area contributed by atoms with Gasteiger partial charge in [-0.2, -0.15) is 11.8 Å². The first-order valence-electron chi connectivity index (χ1n) is 6.72. The van der Waals surface area contributed by atoms with Gasteiger partial charge < -0.3 is 5.32 Å². The summed E-state index contributed by atoms with van der Waals surface area (Å²) in [5, 5.41) is 3.62. The Kier molecular flexibility index (Phi) is 4.57. The molecule has 2 aliphatic rings. The van der Waals surface area contributed by atoms with E-state index < -0.39 is 0 Å². The monoisotopic (exact) mass is 242 g/mol. The summed E-state index contributed by atoms with van der Waals surface area (Å²) >= 11 is 2.14. The fraction of sp³-hybridized carbons (Fsp3) is 1.00. The van der Waals surface area contributed by atoms with Crippen molar-refractivity contribution < 1.29 is 0 Å². The molecule has 3 unspecified atom stereocenters. The van der Waals surface area contributed by atoms with Gasteiger partial charge in [-0.1, -0.05) is 13.8 Å². The van der Waals surface area contributed by atoms with Gasteiger partial charge in [-0.05, 0) is 36.7 Å². The predicted octanol–water partition coefficient (Wildman–Crippen LogP) is 2.06. The van der Waals surface area contributed by atoms with Gasteiger partial charge in [0.15, 0.2) is 0 Å². The van der Waals surface area contributed by atoms with E-state index in [1.165, 1.54) is 37.6 Å². The van der Waals surface area contributed by atoms with Gasteiger partial charge in [-0.3, -0.25) is 4.90 Å². The van der Waals surface area contributed by atoms with Crippen molar-refractivity contribution in [1.82, 2.24) is 10.2 Å². The second kappa shape index (κ2) is 5.74. The first-order valence-corrected chi connectivity index (χ1v) is 7.87.